The molecule has 4 heteroatoms. The van der Waals surface area contributed by atoms with Crippen LogP contribution in [0.15, 0.2) is 35.2 Å². The number of aliphatic hydroxyl groups is 2. The van der Waals surface area contributed by atoms with Gasteiger partial charge in [-0.2, -0.15) is 0 Å². The Morgan fingerprint density at radius 1 is 1.08 bits per heavy atom. The summed E-state index contributed by atoms with van der Waals surface area (Å²) in [5, 5.41) is 20.8. The summed E-state index contributed by atoms with van der Waals surface area (Å²) < 4.78 is 0. The molecule has 134 valence electrons. The van der Waals surface area contributed by atoms with Crippen LogP contribution in [-0.4, -0.2) is 52.2 Å². The third kappa shape index (κ3) is 4.75. The number of piperidine rings is 1. The van der Waals surface area contributed by atoms with Crippen LogP contribution in [0.3, 0.4) is 0 Å². The lowest BCUT2D eigenvalue weighted by Gasteiger charge is -2.46. The smallest absolute Gasteiger partial charge is 0.0933 e. The minimum atomic E-state index is -0.675. The predicted molar refractivity (Wildman–Crippen MR) is 100 cm³/mol. The molecule has 1 aliphatic heterocycles. The minimum Gasteiger partial charge on any atom is -0.390 e. The van der Waals surface area contributed by atoms with Crippen LogP contribution < -0.4 is 0 Å². The standard InChI is InChI=1S/C20H31NO2S/c1-15-11-16-7-5-6-8-17(16)12-21(15)13-19(22)20(23)14-24-18-9-3-2-4-10-18/h2-4,9-10,15-17,19-20,22-23H,5-8,11-14H2,1H3/t15-,16?,17?,19?,20?/m1/s1. The van der Waals surface area contributed by atoms with Gasteiger partial charge in [0, 0.05) is 29.8 Å². The number of thioether (sulfide) groups is 1. The fraction of sp³-hybridized carbons (Fsp3) is 0.700. The Labute approximate surface area is 150 Å². The second kappa shape index (κ2) is 8.70. The topological polar surface area (TPSA) is 43.7 Å². The fourth-order valence-corrected chi connectivity index (χ4v) is 5.26. The number of nitrogens with zero attached hydrogens (tertiary/aromatic N) is 1. The number of aliphatic hydroxyl groups excluding tert-OH is 2. The highest BCUT2D eigenvalue weighted by atomic mass is 32.2. The zero-order valence-corrected chi connectivity index (χ0v) is 15.5. The van der Waals surface area contributed by atoms with Gasteiger partial charge >= 0.3 is 0 Å². The SMILES string of the molecule is C[C@@H]1CC2CCCCC2CN1CC(O)C(O)CSc1ccccc1. The van der Waals surface area contributed by atoms with Crippen molar-refractivity contribution in [1.29, 1.82) is 0 Å². The molecule has 0 spiro atoms. The number of rotatable bonds is 6. The summed E-state index contributed by atoms with van der Waals surface area (Å²) in [6, 6.07) is 10.6. The highest BCUT2D eigenvalue weighted by molar-refractivity contribution is 7.99. The van der Waals surface area contributed by atoms with Crippen molar-refractivity contribution in [3.8, 4) is 0 Å². The first-order valence-electron chi connectivity index (χ1n) is 9.41. The maximum Gasteiger partial charge on any atom is 0.0933 e. The van der Waals surface area contributed by atoms with Crippen LogP contribution in [-0.2, 0) is 0 Å². The van der Waals surface area contributed by atoms with Gasteiger partial charge in [-0.25, -0.2) is 0 Å². The lowest BCUT2D eigenvalue weighted by Crippen LogP contribution is -2.51. The highest BCUT2D eigenvalue weighted by Crippen LogP contribution is 2.38. The lowest BCUT2D eigenvalue weighted by molar-refractivity contribution is -0.0262. The van der Waals surface area contributed by atoms with Crippen molar-refractivity contribution in [2.45, 2.75) is 62.2 Å². The van der Waals surface area contributed by atoms with Crippen molar-refractivity contribution < 1.29 is 10.2 Å². The zero-order valence-electron chi connectivity index (χ0n) is 14.7. The maximum absolute atomic E-state index is 10.5. The summed E-state index contributed by atoms with van der Waals surface area (Å²) in [7, 11) is 0. The first kappa shape index (κ1) is 18.2. The van der Waals surface area contributed by atoms with Gasteiger partial charge in [-0.1, -0.05) is 37.5 Å². The third-order valence-corrected chi connectivity index (χ3v) is 6.95. The summed E-state index contributed by atoms with van der Waals surface area (Å²) in [5.41, 5.74) is 0. The van der Waals surface area contributed by atoms with E-state index < -0.39 is 12.2 Å². The van der Waals surface area contributed by atoms with Gasteiger partial charge in [0.25, 0.3) is 0 Å². The molecule has 2 aliphatic rings. The van der Waals surface area contributed by atoms with E-state index in [1.54, 1.807) is 11.8 Å². The molecule has 0 amide bonds. The van der Waals surface area contributed by atoms with E-state index in [1.165, 1.54) is 32.1 Å². The van der Waals surface area contributed by atoms with E-state index in [2.05, 4.69) is 11.8 Å². The number of hydrogen-bond acceptors (Lipinski definition) is 4. The second-order valence-electron chi connectivity index (χ2n) is 7.60. The molecule has 5 atom stereocenters. The molecular weight excluding hydrogens is 318 g/mol. The molecular formula is C20H31NO2S. The van der Waals surface area contributed by atoms with Crippen LogP contribution >= 0.6 is 11.8 Å². The van der Waals surface area contributed by atoms with Crippen molar-refractivity contribution in [2.75, 3.05) is 18.8 Å². The van der Waals surface area contributed by atoms with Crippen LogP contribution in [0.4, 0.5) is 0 Å². The van der Waals surface area contributed by atoms with Crippen LogP contribution in [0.1, 0.15) is 39.0 Å². The number of fused-ring (bicyclic) bond motifs is 1. The lowest BCUT2D eigenvalue weighted by atomic mass is 9.73. The van der Waals surface area contributed by atoms with Crippen molar-refractivity contribution in [3.63, 3.8) is 0 Å². The molecule has 0 radical (unpaired) electrons. The van der Waals surface area contributed by atoms with E-state index in [-0.39, 0.29) is 0 Å². The summed E-state index contributed by atoms with van der Waals surface area (Å²) in [4.78, 5) is 3.55. The van der Waals surface area contributed by atoms with Crippen molar-refractivity contribution in [1.82, 2.24) is 4.90 Å². The molecule has 1 aromatic rings. The molecule has 3 rings (SSSR count). The molecule has 0 bridgehead atoms. The van der Waals surface area contributed by atoms with Gasteiger partial charge in [-0.3, -0.25) is 4.90 Å². The van der Waals surface area contributed by atoms with E-state index in [9.17, 15) is 10.2 Å². The van der Waals surface area contributed by atoms with E-state index in [4.69, 9.17) is 0 Å². The Morgan fingerprint density at radius 2 is 1.79 bits per heavy atom. The average Bonchev–Trinajstić information content (AvgIpc) is 2.61. The monoisotopic (exact) mass is 349 g/mol. The number of hydrogen-bond donors (Lipinski definition) is 2. The van der Waals surface area contributed by atoms with Gasteiger partial charge in [0.1, 0.15) is 0 Å². The molecule has 1 aromatic carbocycles. The Kier molecular flexibility index (Phi) is 6.62. The molecule has 2 N–H and O–H groups in total. The Morgan fingerprint density at radius 3 is 2.54 bits per heavy atom. The van der Waals surface area contributed by atoms with Gasteiger partial charge in [0.2, 0.25) is 0 Å². The number of likely N-dealkylation sites (tertiary alicyclic amines) is 1. The molecule has 0 aromatic heterocycles. The Balaban J connectivity index is 1.47. The second-order valence-corrected chi connectivity index (χ2v) is 8.70. The zero-order chi connectivity index (χ0) is 16.9. The van der Waals surface area contributed by atoms with Gasteiger partial charge in [0.05, 0.1) is 12.2 Å². The molecule has 1 aliphatic carbocycles. The van der Waals surface area contributed by atoms with E-state index in [1.807, 2.05) is 30.3 Å². The first-order chi connectivity index (χ1) is 11.6. The summed E-state index contributed by atoms with van der Waals surface area (Å²) in [5.74, 6) is 2.23. The minimum absolute atomic E-state index is 0.521. The molecule has 24 heavy (non-hydrogen) atoms. The third-order valence-electron chi connectivity index (χ3n) is 5.83. The quantitative estimate of drug-likeness (QED) is 0.773. The van der Waals surface area contributed by atoms with Gasteiger partial charge in [-0.05, 0) is 43.7 Å². The number of β-amino-alcohol motifs (C(OH)–C–C–N with tert-alkyl or cyclic N) is 1. The summed E-state index contributed by atoms with van der Waals surface area (Å²) in [6.07, 6.45) is 5.41. The van der Waals surface area contributed by atoms with Crippen molar-refractivity contribution >= 4 is 11.8 Å². The molecule has 1 saturated heterocycles. The molecule has 1 heterocycles. The number of benzene rings is 1. The van der Waals surface area contributed by atoms with E-state index in [0.717, 1.165) is 23.3 Å². The fourth-order valence-electron chi connectivity index (χ4n) is 4.33. The normalized spacial score (nSPS) is 30.5. The molecule has 1 saturated carbocycles. The van der Waals surface area contributed by atoms with Crippen molar-refractivity contribution in [3.05, 3.63) is 30.3 Å². The molecule has 3 nitrogen and oxygen atoms in total. The van der Waals surface area contributed by atoms with Crippen LogP contribution in [0, 0.1) is 11.8 Å². The summed E-state index contributed by atoms with van der Waals surface area (Å²) >= 11 is 1.61. The van der Waals surface area contributed by atoms with Crippen LogP contribution in [0.5, 0.6) is 0 Å². The largest absolute Gasteiger partial charge is 0.390 e. The van der Waals surface area contributed by atoms with Gasteiger partial charge < -0.3 is 10.2 Å². The Hall–Kier alpha value is -0.550. The highest BCUT2D eigenvalue weighted by Gasteiger charge is 2.36. The summed E-state index contributed by atoms with van der Waals surface area (Å²) in [6.45, 7) is 3.98. The van der Waals surface area contributed by atoms with Gasteiger partial charge in [-0.15, -0.1) is 11.8 Å². The maximum atomic E-state index is 10.5. The van der Waals surface area contributed by atoms with E-state index >= 15 is 0 Å². The first-order valence-corrected chi connectivity index (χ1v) is 10.4. The van der Waals surface area contributed by atoms with Gasteiger partial charge in [0.15, 0.2) is 0 Å². The van der Waals surface area contributed by atoms with Crippen molar-refractivity contribution in [2.24, 2.45) is 11.8 Å². The van der Waals surface area contributed by atoms with Crippen LogP contribution in [0.2, 0.25) is 0 Å². The Bertz CT molecular complexity index is 498. The van der Waals surface area contributed by atoms with Crippen LogP contribution in [0.25, 0.3) is 0 Å². The average molecular weight is 350 g/mol. The molecule has 4 unspecified atom stereocenters. The predicted octanol–water partition coefficient (Wildman–Crippen LogP) is 3.40. The van der Waals surface area contributed by atoms with E-state index in [0.29, 0.717) is 18.3 Å². The molecule has 2 fully saturated rings.